The molecule has 0 radical (unpaired) electrons. The third kappa shape index (κ3) is 3.08. The molecule has 1 unspecified atom stereocenters. The molecule has 0 aromatic rings. The van der Waals surface area contributed by atoms with Crippen molar-refractivity contribution in [1.82, 2.24) is 14.7 Å². The Morgan fingerprint density at radius 3 is 2.43 bits per heavy atom. The Morgan fingerprint density at radius 1 is 1.24 bits per heavy atom. The monoisotopic (exact) mass is 316 g/mol. The van der Waals surface area contributed by atoms with Crippen LogP contribution in [0.15, 0.2) is 4.99 Å². The predicted molar refractivity (Wildman–Crippen MR) is 83.4 cm³/mol. The first kappa shape index (κ1) is 17.6. The Labute approximate surface area is 131 Å². The predicted octanol–water partition coefficient (Wildman–Crippen LogP) is 0.0953. The molecule has 8 heteroatoms. The molecule has 21 heavy (non-hydrogen) atoms. The largest absolute Gasteiger partial charge is 0.333 e. The fourth-order valence-corrected chi connectivity index (χ4v) is 2.53. The van der Waals surface area contributed by atoms with Crippen molar-refractivity contribution in [2.75, 3.05) is 40.3 Å². The molecule has 118 valence electrons. The van der Waals surface area contributed by atoms with Crippen molar-refractivity contribution in [3.8, 4) is 0 Å². The summed E-state index contributed by atoms with van der Waals surface area (Å²) in [6, 6.07) is -0.790. The van der Waals surface area contributed by atoms with Crippen molar-refractivity contribution in [2.24, 2.45) is 4.99 Å². The van der Waals surface area contributed by atoms with Crippen LogP contribution in [0, 0.1) is 0 Å². The van der Waals surface area contributed by atoms with Crippen LogP contribution in [0.2, 0.25) is 0 Å². The number of nitrogens with zero attached hydrogens (tertiary/aromatic N) is 5. The van der Waals surface area contributed by atoms with Crippen molar-refractivity contribution < 1.29 is 14.2 Å². The molecular weight excluding hydrogens is 294 g/mol. The van der Waals surface area contributed by atoms with Crippen molar-refractivity contribution >= 4 is 36.5 Å². The summed E-state index contributed by atoms with van der Waals surface area (Å²) in [5, 5.41) is 0. The first-order valence-corrected chi connectivity index (χ1v) is 6.95. The standard InChI is InChI=1S/C13H22N5O2.ClH/c1-5-17(6-2)7-8-18-9-14-11-10(18)12(19)16(4)13(20)15(11)3;/h9-10H,5-8H2,1-4H3;1H/q+1;. The Kier molecular flexibility index (Phi) is 5.86. The van der Waals surface area contributed by atoms with Gasteiger partial charge in [0.25, 0.3) is 24.1 Å². The SMILES string of the molecule is CCN(CC)CC[N+]1=CN=C2C1C(=O)N(C)C(=O)N2C.Cl. The number of hydrogen-bond donors (Lipinski definition) is 0. The highest BCUT2D eigenvalue weighted by Crippen LogP contribution is 2.16. The van der Waals surface area contributed by atoms with Crippen LogP contribution in [-0.2, 0) is 4.79 Å². The highest BCUT2D eigenvalue weighted by atomic mass is 35.5. The zero-order chi connectivity index (χ0) is 14.9. The van der Waals surface area contributed by atoms with Crippen LogP contribution < -0.4 is 0 Å². The van der Waals surface area contributed by atoms with Crippen molar-refractivity contribution in [3.05, 3.63) is 0 Å². The third-order valence-corrected chi connectivity index (χ3v) is 3.97. The molecule has 1 fully saturated rings. The number of imide groups is 1. The van der Waals surface area contributed by atoms with Crippen LogP contribution in [0.4, 0.5) is 4.79 Å². The van der Waals surface area contributed by atoms with Crippen LogP contribution in [0.3, 0.4) is 0 Å². The second kappa shape index (κ2) is 7.00. The molecule has 2 aliphatic rings. The van der Waals surface area contributed by atoms with E-state index in [1.54, 1.807) is 13.4 Å². The summed E-state index contributed by atoms with van der Waals surface area (Å²) in [6.45, 7) is 7.79. The van der Waals surface area contributed by atoms with E-state index in [0.717, 1.165) is 31.1 Å². The van der Waals surface area contributed by atoms with Gasteiger partial charge in [-0.2, -0.15) is 0 Å². The van der Waals surface area contributed by atoms with Gasteiger partial charge in [-0.25, -0.2) is 9.37 Å². The number of rotatable bonds is 5. The van der Waals surface area contributed by atoms with Crippen LogP contribution in [0.5, 0.6) is 0 Å². The average molecular weight is 317 g/mol. The van der Waals surface area contributed by atoms with Gasteiger partial charge in [0.1, 0.15) is 0 Å². The number of urea groups is 1. The molecule has 0 spiro atoms. The lowest BCUT2D eigenvalue weighted by Gasteiger charge is -2.31. The third-order valence-electron chi connectivity index (χ3n) is 3.97. The van der Waals surface area contributed by atoms with Crippen molar-refractivity contribution in [2.45, 2.75) is 19.9 Å². The maximum absolute atomic E-state index is 12.3. The quantitative estimate of drug-likeness (QED) is 0.676. The number of likely N-dealkylation sites (N-methyl/N-ethyl adjacent to an activating group) is 3. The summed E-state index contributed by atoms with van der Waals surface area (Å²) >= 11 is 0. The lowest BCUT2D eigenvalue weighted by molar-refractivity contribution is -0.531. The Hall–Kier alpha value is -1.47. The van der Waals surface area contributed by atoms with Gasteiger partial charge >= 0.3 is 6.03 Å². The van der Waals surface area contributed by atoms with Crippen molar-refractivity contribution in [3.63, 3.8) is 0 Å². The Balaban J connectivity index is 0.00000220. The van der Waals surface area contributed by atoms with Gasteiger partial charge in [0.2, 0.25) is 0 Å². The molecule has 2 aliphatic heterocycles. The zero-order valence-electron chi connectivity index (χ0n) is 12.9. The van der Waals surface area contributed by atoms with E-state index < -0.39 is 6.04 Å². The minimum atomic E-state index is -0.460. The molecular formula is C13H23ClN5O2+. The van der Waals surface area contributed by atoms with E-state index in [4.69, 9.17) is 0 Å². The number of hydrogen-bond acceptors (Lipinski definition) is 4. The van der Waals surface area contributed by atoms with E-state index >= 15 is 0 Å². The highest BCUT2D eigenvalue weighted by Gasteiger charge is 2.50. The summed E-state index contributed by atoms with van der Waals surface area (Å²) in [5.41, 5.74) is 0. The van der Waals surface area contributed by atoms with E-state index in [1.165, 1.54) is 11.9 Å². The Morgan fingerprint density at radius 2 is 1.86 bits per heavy atom. The minimum absolute atomic E-state index is 0. The molecule has 0 N–H and O–H groups in total. The lowest BCUT2D eigenvalue weighted by Crippen LogP contribution is -2.61. The molecule has 1 atom stereocenters. The summed E-state index contributed by atoms with van der Waals surface area (Å²) in [7, 11) is 3.16. The zero-order valence-corrected chi connectivity index (χ0v) is 13.8. The molecule has 3 amide bonds. The molecule has 0 aromatic carbocycles. The van der Waals surface area contributed by atoms with Crippen LogP contribution >= 0.6 is 12.4 Å². The van der Waals surface area contributed by atoms with E-state index in [-0.39, 0.29) is 24.3 Å². The summed E-state index contributed by atoms with van der Waals surface area (Å²) in [5.74, 6) is 0.317. The summed E-state index contributed by atoms with van der Waals surface area (Å²) in [4.78, 5) is 33.3. The van der Waals surface area contributed by atoms with E-state index in [2.05, 4.69) is 23.7 Å². The molecule has 0 bridgehead atoms. The molecule has 2 heterocycles. The van der Waals surface area contributed by atoms with Gasteiger partial charge in [0, 0.05) is 20.6 Å². The smallest absolute Gasteiger partial charge is 0.300 e. The molecule has 0 saturated carbocycles. The summed E-state index contributed by atoms with van der Waals surface area (Å²) < 4.78 is 1.91. The number of amidine groups is 1. The second-order valence-electron chi connectivity index (χ2n) is 5.01. The maximum atomic E-state index is 12.3. The summed E-state index contributed by atoms with van der Waals surface area (Å²) in [6.07, 6.45) is 1.67. The van der Waals surface area contributed by atoms with E-state index in [9.17, 15) is 9.59 Å². The van der Waals surface area contributed by atoms with Gasteiger partial charge < -0.3 is 0 Å². The first-order valence-electron chi connectivity index (χ1n) is 6.95. The van der Waals surface area contributed by atoms with Crippen molar-refractivity contribution in [1.29, 1.82) is 0 Å². The van der Waals surface area contributed by atoms with Gasteiger partial charge in [-0.05, 0) is 18.1 Å². The molecule has 2 rings (SSSR count). The molecule has 1 saturated heterocycles. The van der Waals surface area contributed by atoms with Gasteiger partial charge in [-0.15, -0.1) is 12.4 Å². The van der Waals surface area contributed by atoms with Crippen LogP contribution in [0.1, 0.15) is 13.8 Å². The normalized spacial score (nSPS) is 21.3. The second-order valence-corrected chi connectivity index (χ2v) is 5.01. The van der Waals surface area contributed by atoms with E-state index in [1.807, 2.05) is 4.58 Å². The van der Waals surface area contributed by atoms with Gasteiger partial charge in [0.05, 0.1) is 6.54 Å². The van der Waals surface area contributed by atoms with Gasteiger partial charge in [-0.1, -0.05) is 13.8 Å². The minimum Gasteiger partial charge on any atom is -0.300 e. The first-order chi connectivity index (χ1) is 9.51. The number of fused-ring (bicyclic) bond motifs is 1. The average Bonchev–Trinajstić information content (AvgIpc) is 2.88. The Bertz CT molecular complexity index is 487. The number of carbonyl (C=O) groups is 2. The number of carbonyl (C=O) groups excluding carboxylic acids is 2. The molecule has 0 aromatic heterocycles. The van der Waals surface area contributed by atoms with Crippen LogP contribution in [-0.4, -0.2) is 89.7 Å². The highest BCUT2D eigenvalue weighted by molar-refractivity contribution is 6.21. The molecule has 0 aliphatic carbocycles. The molecule has 7 nitrogen and oxygen atoms in total. The fraction of sp³-hybridized carbons (Fsp3) is 0.692. The maximum Gasteiger partial charge on any atom is 0.333 e. The fourth-order valence-electron chi connectivity index (χ4n) is 2.53. The van der Waals surface area contributed by atoms with Gasteiger partial charge in [-0.3, -0.25) is 19.5 Å². The van der Waals surface area contributed by atoms with E-state index in [0.29, 0.717) is 5.84 Å². The number of aliphatic imine (C=N–C) groups is 1. The number of halogens is 1. The number of amides is 3. The lowest BCUT2D eigenvalue weighted by atomic mass is 10.1. The topological polar surface area (TPSA) is 59.2 Å². The van der Waals surface area contributed by atoms with Gasteiger partial charge in [0.15, 0.2) is 0 Å². The van der Waals surface area contributed by atoms with Crippen LogP contribution in [0.25, 0.3) is 0 Å².